The summed E-state index contributed by atoms with van der Waals surface area (Å²) in [6.45, 7) is 2.22. The number of amides is 1. The first-order chi connectivity index (χ1) is 16.1. The highest BCUT2D eigenvalue weighted by Crippen LogP contribution is 2.29. The highest BCUT2D eigenvalue weighted by Gasteiger charge is 2.11. The molecule has 0 aliphatic carbocycles. The van der Waals surface area contributed by atoms with Crippen molar-refractivity contribution in [1.29, 1.82) is 0 Å². The Kier molecular flexibility index (Phi) is 9.63. The molecule has 3 aromatic rings. The quantitative estimate of drug-likeness (QED) is 0.211. The van der Waals surface area contributed by atoms with Gasteiger partial charge in [0.2, 0.25) is 0 Å². The number of carbonyl (C=O) groups excluding carboxylic acids is 2. The van der Waals surface area contributed by atoms with Gasteiger partial charge < -0.3 is 4.74 Å². The maximum Gasteiger partial charge on any atom is 0.257 e. The third-order valence-electron chi connectivity index (χ3n) is 5.58. The summed E-state index contributed by atoms with van der Waals surface area (Å²) < 4.78 is 5.12. The molecule has 0 aliphatic heterocycles. The van der Waals surface area contributed by atoms with E-state index in [2.05, 4.69) is 17.2 Å². The van der Waals surface area contributed by atoms with E-state index in [1.165, 1.54) is 43.4 Å². The molecule has 0 spiro atoms. The minimum Gasteiger partial charge on any atom is -0.497 e. The molecule has 0 saturated carbocycles. The molecule has 3 rings (SSSR count). The Morgan fingerprint density at radius 1 is 0.879 bits per heavy atom. The van der Waals surface area contributed by atoms with Crippen LogP contribution in [0.2, 0.25) is 0 Å². The largest absolute Gasteiger partial charge is 0.497 e. The maximum atomic E-state index is 12.5. The second-order valence-corrected chi connectivity index (χ2v) is 9.11. The topological polar surface area (TPSA) is 68.3 Å². The lowest BCUT2D eigenvalue weighted by molar-refractivity contribution is 0.0977. The summed E-state index contributed by atoms with van der Waals surface area (Å²) in [5, 5.41) is 3.37. The van der Waals surface area contributed by atoms with Gasteiger partial charge in [-0.25, -0.2) is 4.98 Å². The predicted molar refractivity (Wildman–Crippen MR) is 135 cm³/mol. The molecular formula is C27H32N2O3S. The molecule has 0 radical (unpaired) electrons. The molecule has 33 heavy (non-hydrogen) atoms. The number of methoxy groups -OCH3 is 1. The SMILES string of the molecule is CCCCCCCCCC(=O)c1ccc(-c2cnc(NC(=O)c3ccc(OC)cc3)s2)cc1. The Labute approximate surface area is 200 Å². The van der Waals surface area contributed by atoms with Crippen LogP contribution in [0.3, 0.4) is 0 Å². The molecule has 174 valence electrons. The molecule has 5 nitrogen and oxygen atoms in total. The average molecular weight is 465 g/mol. The fraction of sp³-hybridized carbons (Fsp3) is 0.370. The number of carbonyl (C=O) groups is 2. The van der Waals surface area contributed by atoms with E-state index in [-0.39, 0.29) is 11.7 Å². The van der Waals surface area contributed by atoms with E-state index in [9.17, 15) is 9.59 Å². The van der Waals surface area contributed by atoms with Crippen molar-refractivity contribution in [2.75, 3.05) is 12.4 Å². The molecule has 0 atom stereocenters. The molecule has 1 aromatic heterocycles. The van der Waals surface area contributed by atoms with Gasteiger partial charge in [0.15, 0.2) is 10.9 Å². The number of Topliss-reactive ketones (excluding diaryl/α,β-unsaturated/α-hetero) is 1. The number of rotatable bonds is 13. The summed E-state index contributed by atoms with van der Waals surface area (Å²) in [6, 6.07) is 14.6. The van der Waals surface area contributed by atoms with Crippen LogP contribution in [0, 0.1) is 0 Å². The average Bonchev–Trinajstić information content (AvgIpc) is 3.32. The maximum absolute atomic E-state index is 12.5. The van der Waals surface area contributed by atoms with Crippen LogP contribution in [0.15, 0.2) is 54.7 Å². The lowest BCUT2D eigenvalue weighted by Gasteiger charge is -2.04. The van der Waals surface area contributed by atoms with Crippen LogP contribution in [0.25, 0.3) is 10.4 Å². The number of ether oxygens (including phenoxy) is 1. The first kappa shape index (κ1) is 24.6. The van der Waals surface area contributed by atoms with Crippen molar-refractivity contribution in [3.05, 3.63) is 65.9 Å². The van der Waals surface area contributed by atoms with Crippen LogP contribution in [0.4, 0.5) is 5.13 Å². The van der Waals surface area contributed by atoms with Crippen LogP contribution >= 0.6 is 11.3 Å². The number of hydrogen-bond donors (Lipinski definition) is 1. The number of unbranched alkanes of at least 4 members (excludes halogenated alkanes) is 6. The van der Waals surface area contributed by atoms with Gasteiger partial charge in [-0.05, 0) is 36.2 Å². The zero-order valence-electron chi connectivity index (χ0n) is 19.4. The standard InChI is InChI=1S/C27H32N2O3S/c1-3-4-5-6-7-8-9-10-24(30)20-11-13-21(14-12-20)25-19-28-27(33-25)29-26(31)22-15-17-23(32-2)18-16-22/h11-19H,3-10H2,1-2H3,(H,28,29,31). The van der Waals surface area contributed by atoms with E-state index in [0.717, 1.165) is 28.8 Å². The summed E-state index contributed by atoms with van der Waals surface area (Å²) in [5.74, 6) is 0.684. The van der Waals surface area contributed by atoms with Gasteiger partial charge in [-0.3, -0.25) is 14.9 Å². The molecule has 0 aliphatic rings. The number of ketones is 1. The van der Waals surface area contributed by atoms with E-state index >= 15 is 0 Å². The van der Waals surface area contributed by atoms with Gasteiger partial charge in [0, 0.05) is 23.7 Å². The predicted octanol–water partition coefficient (Wildman–Crippen LogP) is 7.39. The number of benzene rings is 2. The Hall–Kier alpha value is -2.99. The zero-order valence-corrected chi connectivity index (χ0v) is 20.2. The van der Waals surface area contributed by atoms with Crippen molar-refractivity contribution in [2.24, 2.45) is 0 Å². The highest BCUT2D eigenvalue weighted by molar-refractivity contribution is 7.19. The Balaban J connectivity index is 1.49. The fourth-order valence-electron chi connectivity index (χ4n) is 3.58. The van der Waals surface area contributed by atoms with Gasteiger partial charge in [-0.2, -0.15) is 0 Å². The summed E-state index contributed by atoms with van der Waals surface area (Å²) in [4.78, 5) is 30.2. The number of thiazole rings is 1. The van der Waals surface area contributed by atoms with Crippen LogP contribution in [0.5, 0.6) is 5.75 Å². The Morgan fingerprint density at radius 3 is 2.18 bits per heavy atom. The van der Waals surface area contributed by atoms with Crippen LogP contribution in [-0.2, 0) is 0 Å². The minimum absolute atomic E-state index is 0.201. The lowest BCUT2D eigenvalue weighted by atomic mass is 10.0. The summed E-state index contributed by atoms with van der Waals surface area (Å²) in [6.07, 6.45) is 10.8. The molecule has 0 fully saturated rings. The Morgan fingerprint density at radius 2 is 1.52 bits per heavy atom. The van der Waals surface area contributed by atoms with Crippen LogP contribution < -0.4 is 10.1 Å². The first-order valence-corrected chi connectivity index (χ1v) is 12.5. The monoisotopic (exact) mass is 464 g/mol. The molecular weight excluding hydrogens is 432 g/mol. The van der Waals surface area contributed by atoms with Gasteiger partial charge in [0.1, 0.15) is 5.75 Å². The van der Waals surface area contributed by atoms with Gasteiger partial charge in [0.05, 0.1) is 12.0 Å². The van der Waals surface area contributed by atoms with Crippen LogP contribution in [-0.4, -0.2) is 23.8 Å². The molecule has 0 bridgehead atoms. The molecule has 0 unspecified atom stereocenters. The number of anilines is 1. The number of aromatic nitrogens is 1. The van der Waals surface area contributed by atoms with E-state index in [1.54, 1.807) is 37.6 Å². The Bertz CT molecular complexity index is 1030. The van der Waals surface area contributed by atoms with Crippen molar-refractivity contribution < 1.29 is 14.3 Å². The van der Waals surface area contributed by atoms with Gasteiger partial charge in [-0.15, -0.1) is 0 Å². The molecule has 1 N–H and O–H groups in total. The summed E-state index contributed by atoms with van der Waals surface area (Å²) in [5.41, 5.74) is 2.27. The molecule has 2 aromatic carbocycles. The highest BCUT2D eigenvalue weighted by atomic mass is 32.1. The molecule has 1 amide bonds. The fourth-order valence-corrected chi connectivity index (χ4v) is 4.40. The normalized spacial score (nSPS) is 10.7. The second kappa shape index (κ2) is 12.9. The molecule has 6 heteroatoms. The van der Waals surface area contributed by atoms with Gasteiger partial charge >= 0.3 is 0 Å². The number of nitrogens with zero attached hydrogens (tertiary/aromatic N) is 1. The van der Waals surface area contributed by atoms with E-state index < -0.39 is 0 Å². The van der Waals surface area contributed by atoms with Crippen molar-refractivity contribution in [3.63, 3.8) is 0 Å². The zero-order chi connectivity index (χ0) is 23.5. The van der Waals surface area contributed by atoms with E-state index in [1.807, 2.05) is 24.3 Å². The third kappa shape index (κ3) is 7.53. The summed E-state index contributed by atoms with van der Waals surface area (Å²) >= 11 is 1.40. The van der Waals surface area contributed by atoms with Crippen molar-refractivity contribution in [2.45, 2.75) is 58.3 Å². The smallest absolute Gasteiger partial charge is 0.257 e. The third-order valence-corrected chi connectivity index (χ3v) is 6.54. The number of nitrogens with one attached hydrogen (secondary N) is 1. The van der Waals surface area contributed by atoms with Crippen molar-refractivity contribution >= 4 is 28.2 Å². The number of hydrogen-bond acceptors (Lipinski definition) is 5. The van der Waals surface area contributed by atoms with Gasteiger partial charge in [0.25, 0.3) is 5.91 Å². The molecule has 1 heterocycles. The molecule has 0 saturated heterocycles. The van der Waals surface area contributed by atoms with Crippen molar-refractivity contribution in [1.82, 2.24) is 4.98 Å². The van der Waals surface area contributed by atoms with E-state index in [0.29, 0.717) is 22.9 Å². The van der Waals surface area contributed by atoms with Gasteiger partial charge in [-0.1, -0.05) is 81.1 Å². The summed E-state index contributed by atoms with van der Waals surface area (Å²) in [7, 11) is 1.59. The van der Waals surface area contributed by atoms with E-state index in [4.69, 9.17) is 4.74 Å². The lowest BCUT2D eigenvalue weighted by Crippen LogP contribution is -2.11. The van der Waals surface area contributed by atoms with Crippen LogP contribution in [0.1, 0.15) is 79.0 Å². The minimum atomic E-state index is -0.218. The van der Waals surface area contributed by atoms with Crippen molar-refractivity contribution in [3.8, 4) is 16.2 Å². The first-order valence-electron chi connectivity index (χ1n) is 11.7. The second-order valence-electron chi connectivity index (χ2n) is 8.08.